The Morgan fingerprint density at radius 1 is 1.21 bits per heavy atom. The monoisotopic (exact) mass is 263 g/mol. The number of fused-ring (bicyclic) bond motifs is 1. The first kappa shape index (κ1) is 12.6. The van der Waals surface area contributed by atoms with Gasteiger partial charge in [0.1, 0.15) is 0 Å². The van der Waals surface area contributed by atoms with E-state index in [9.17, 15) is 4.79 Å². The molecule has 1 aromatic rings. The van der Waals surface area contributed by atoms with Gasteiger partial charge < -0.3 is 9.47 Å². The van der Waals surface area contributed by atoms with Gasteiger partial charge in [-0.3, -0.25) is 10.2 Å². The Bertz CT molecular complexity index is 461. The summed E-state index contributed by atoms with van der Waals surface area (Å²) < 4.78 is 11.3. The van der Waals surface area contributed by atoms with Crippen molar-refractivity contribution in [1.29, 1.82) is 0 Å². The number of nitrogens with two attached hydrogens (primary N) is 1. The van der Waals surface area contributed by atoms with Crippen LogP contribution >= 0.6 is 0 Å². The first-order valence-corrected chi connectivity index (χ1v) is 6.37. The second kappa shape index (κ2) is 4.90. The molecule has 0 saturated carbocycles. The average molecular weight is 263 g/mol. The van der Waals surface area contributed by atoms with Gasteiger partial charge in [-0.1, -0.05) is 24.3 Å². The van der Waals surface area contributed by atoms with Crippen molar-refractivity contribution in [2.75, 3.05) is 13.2 Å². The van der Waals surface area contributed by atoms with Crippen molar-refractivity contribution in [2.24, 2.45) is 5.84 Å². The summed E-state index contributed by atoms with van der Waals surface area (Å²) in [4.78, 5) is 14.0. The smallest absolute Gasteiger partial charge is 0.315 e. The number of rotatable bonds is 2. The van der Waals surface area contributed by atoms with Crippen LogP contribution in [0.15, 0.2) is 24.3 Å². The average Bonchev–Trinajstić information content (AvgIpc) is 2.91. The Balaban J connectivity index is 1.88. The molecule has 0 bridgehead atoms. The van der Waals surface area contributed by atoms with Crippen molar-refractivity contribution in [3.8, 4) is 0 Å². The summed E-state index contributed by atoms with van der Waals surface area (Å²) in [5.74, 6) is 3.42. The number of hydrogen-bond donors (Lipinski definition) is 2. The molecule has 0 unspecified atom stereocenters. The van der Waals surface area contributed by atoms with Crippen LogP contribution in [0.2, 0.25) is 0 Å². The molecule has 102 valence electrons. The molecule has 2 aliphatic rings. The highest BCUT2D eigenvalue weighted by atomic mass is 16.7. The molecule has 19 heavy (non-hydrogen) atoms. The maximum Gasteiger partial charge on any atom is 0.315 e. The quantitative estimate of drug-likeness (QED) is 0.449. The summed E-state index contributed by atoms with van der Waals surface area (Å²) in [5.41, 5.74) is 4.52. The molecule has 1 amide bonds. The van der Waals surface area contributed by atoms with E-state index in [4.69, 9.17) is 15.3 Å². The molecule has 0 spiro atoms. The highest BCUT2D eigenvalue weighted by molar-refractivity contribution is 5.82. The largest absolute Gasteiger partial charge is 0.330 e. The fourth-order valence-corrected chi connectivity index (χ4v) is 2.61. The Hall–Kier alpha value is -1.47. The standard InChI is InChI=1S/C13H17N3O3/c14-15-12(17)13(18-6-3-7-19-13)16-8-10-4-1-2-5-11(10)9-16/h1-2,4-5H,3,6-9,14H2,(H,15,17). The van der Waals surface area contributed by atoms with E-state index in [-0.39, 0.29) is 0 Å². The van der Waals surface area contributed by atoms with Gasteiger partial charge in [-0.15, -0.1) is 0 Å². The number of hydrazine groups is 1. The molecular formula is C13H17N3O3. The number of ether oxygens (including phenoxy) is 2. The van der Waals surface area contributed by atoms with Crippen molar-refractivity contribution >= 4 is 5.91 Å². The molecule has 1 fully saturated rings. The zero-order valence-corrected chi connectivity index (χ0v) is 10.6. The van der Waals surface area contributed by atoms with Crippen molar-refractivity contribution in [2.45, 2.75) is 25.4 Å². The molecule has 6 nitrogen and oxygen atoms in total. The molecule has 1 aromatic carbocycles. The maximum absolute atomic E-state index is 12.1. The summed E-state index contributed by atoms with van der Waals surface area (Å²) in [6.45, 7) is 2.20. The van der Waals surface area contributed by atoms with Gasteiger partial charge in [0.2, 0.25) is 0 Å². The van der Waals surface area contributed by atoms with Crippen molar-refractivity contribution in [3.63, 3.8) is 0 Å². The Labute approximate surface area is 111 Å². The third kappa shape index (κ3) is 2.02. The summed E-state index contributed by atoms with van der Waals surface area (Å²) in [5, 5.41) is 0. The van der Waals surface area contributed by atoms with Gasteiger partial charge in [0.15, 0.2) is 0 Å². The predicted octanol–water partition coefficient (Wildman–Crippen LogP) is 0.0828. The zero-order chi connectivity index (χ0) is 13.3. The molecule has 0 aromatic heterocycles. The number of benzene rings is 1. The van der Waals surface area contributed by atoms with Gasteiger partial charge in [0, 0.05) is 13.1 Å². The summed E-state index contributed by atoms with van der Waals surface area (Å²) in [6.07, 6.45) is 0.778. The maximum atomic E-state index is 12.1. The van der Waals surface area contributed by atoms with Gasteiger partial charge in [-0.05, 0) is 17.5 Å². The van der Waals surface area contributed by atoms with Crippen molar-refractivity contribution < 1.29 is 14.3 Å². The van der Waals surface area contributed by atoms with Gasteiger partial charge in [0.25, 0.3) is 0 Å². The number of carbonyl (C=O) groups is 1. The van der Waals surface area contributed by atoms with E-state index in [2.05, 4.69) is 5.43 Å². The third-order valence-corrected chi connectivity index (χ3v) is 3.56. The van der Waals surface area contributed by atoms with E-state index >= 15 is 0 Å². The Kier molecular flexibility index (Phi) is 3.24. The van der Waals surface area contributed by atoms with E-state index in [1.807, 2.05) is 29.2 Å². The van der Waals surface area contributed by atoms with Gasteiger partial charge in [0.05, 0.1) is 13.2 Å². The van der Waals surface area contributed by atoms with Gasteiger partial charge in [-0.2, -0.15) is 0 Å². The summed E-state index contributed by atoms with van der Waals surface area (Å²) in [6, 6.07) is 8.07. The van der Waals surface area contributed by atoms with E-state index in [0.717, 1.165) is 6.42 Å². The first-order valence-electron chi connectivity index (χ1n) is 6.37. The minimum Gasteiger partial charge on any atom is -0.330 e. The lowest BCUT2D eigenvalue weighted by Crippen LogP contribution is -2.63. The summed E-state index contributed by atoms with van der Waals surface area (Å²) in [7, 11) is 0. The number of hydrogen-bond acceptors (Lipinski definition) is 5. The van der Waals surface area contributed by atoms with Crippen LogP contribution in [-0.4, -0.2) is 29.9 Å². The number of nitrogens with zero attached hydrogens (tertiary/aromatic N) is 1. The molecule has 2 heterocycles. The van der Waals surface area contributed by atoms with Crippen LogP contribution in [0.25, 0.3) is 0 Å². The Morgan fingerprint density at radius 2 is 1.79 bits per heavy atom. The van der Waals surface area contributed by atoms with Crippen molar-refractivity contribution in [3.05, 3.63) is 35.4 Å². The van der Waals surface area contributed by atoms with Crippen LogP contribution in [-0.2, 0) is 27.4 Å². The molecule has 1 saturated heterocycles. The topological polar surface area (TPSA) is 76.8 Å². The van der Waals surface area contributed by atoms with Crippen LogP contribution in [0.4, 0.5) is 0 Å². The molecule has 0 aliphatic carbocycles. The molecular weight excluding hydrogens is 246 g/mol. The normalized spacial score (nSPS) is 21.9. The van der Waals surface area contributed by atoms with Crippen LogP contribution in [0.5, 0.6) is 0 Å². The molecule has 3 rings (SSSR count). The van der Waals surface area contributed by atoms with Crippen LogP contribution in [0.3, 0.4) is 0 Å². The van der Waals surface area contributed by atoms with E-state index in [1.54, 1.807) is 0 Å². The van der Waals surface area contributed by atoms with E-state index in [0.29, 0.717) is 26.3 Å². The van der Waals surface area contributed by atoms with Crippen molar-refractivity contribution in [1.82, 2.24) is 10.3 Å². The predicted molar refractivity (Wildman–Crippen MR) is 67.3 cm³/mol. The summed E-state index contributed by atoms with van der Waals surface area (Å²) >= 11 is 0. The van der Waals surface area contributed by atoms with E-state index < -0.39 is 11.8 Å². The number of nitrogens with one attached hydrogen (secondary N) is 1. The van der Waals surface area contributed by atoms with Crippen LogP contribution in [0.1, 0.15) is 17.5 Å². The van der Waals surface area contributed by atoms with Gasteiger partial charge >= 0.3 is 11.8 Å². The highest BCUT2D eigenvalue weighted by Crippen LogP contribution is 2.33. The Morgan fingerprint density at radius 3 is 2.32 bits per heavy atom. The second-order valence-corrected chi connectivity index (χ2v) is 4.73. The van der Waals surface area contributed by atoms with Crippen LogP contribution < -0.4 is 11.3 Å². The second-order valence-electron chi connectivity index (χ2n) is 4.73. The third-order valence-electron chi connectivity index (χ3n) is 3.56. The minimum atomic E-state index is -1.40. The molecule has 0 atom stereocenters. The fraction of sp³-hybridized carbons (Fsp3) is 0.462. The number of amides is 1. The number of carbonyl (C=O) groups excluding carboxylic acids is 1. The van der Waals surface area contributed by atoms with Crippen LogP contribution in [0, 0.1) is 0 Å². The van der Waals surface area contributed by atoms with E-state index in [1.165, 1.54) is 11.1 Å². The molecule has 3 N–H and O–H groups in total. The lowest BCUT2D eigenvalue weighted by Gasteiger charge is -2.41. The lowest BCUT2D eigenvalue weighted by atomic mass is 10.1. The molecule has 2 aliphatic heterocycles. The SMILES string of the molecule is NNC(=O)C1(N2Cc3ccccc3C2)OCCCO1. The zero-order valence-electron chi connectivity index (χ0n) is 10.6. The first-order chi connectivity index (χ1) is 9.26. The minimum absolute atomic E-state index is 0.458. The highest BCUT2D eigenvalue weighted by Gasteiger charge is 2.50. The van der Waals surface area contributed by atoms with Gasteiger partial charge in [-0.25, -0.2) is 10.7 Å². The lowest BCUT2D eigenvalue weighted by molar-refractivity contribution is -0.321. The molecule has 0 radical (unpaired) electrons. The fourth-order valence-electron chi connectivity index (χ4n) is 2.61. The molecule has 6 heteroatoms.